The van der Waals surface area contributed by atoms with Crippen LogP contribution in [0.2, 0.25) is 0 Å². The smallest absolute Gasteiger partial charge is 0.302 e. The van der Waals surface area contributed by atoms with E-state index in [1.54, 1.807) is 24.4 Å². The summed E-state index contributed by atoms with van der Waals surface area (Å²) in [7, 11) is 0. The maximum absolute atomic E-state index is 12.5. The van der Waals surface area contributed by atoms with Crippen LogP contribution in [0, 0.1) is 0 Å². The highest BCUT2D eigenvalue weighted by molar-refractivity contribution is 5.98. The van der Waals surface area contributed by atoms with E-state index in [-0.39, 0.29) is 37.3 Å². The maximum atomic E-state index is 12.5. The van der Waals surface area contributed by atoms with Gasteiger partial charge in [-0.25, -0.2) is 0 Å². The molecule has 8 nitrogen and oxygen atoms in total. The van der Waals surface area contributed by atoms with Crippen molar-refractivity contribution in [1.29, 1.82) is 0 Å². The van der Waals surface area contributed by atoms with Crippen molar-refractivity contribution in [2.24, 2.45) is 0 Å². The fourth-order valence-electron chi connectivity index (χ4n) is 2.39. The van der Waals surface area contributed by atoms with E-state index in [9.17, 15) is 14.4 Å². The highest BCUT2D eigenvalue weighted by Gasteiger charge is 2.09. The standard InChI is InChI=1S/C17H21N3O5/c1-11(21)24-9-6-19-15-4-3-14-13(16(15)18)5-7-20(17(14)23)8-10-25-12(2)22/h3-5,7,19H,6,8-10,18H2,1-2H3. The molecule has 0 radical (unpaired) electrons. The molecule has 3 N–H and O–H groups in total. The van der Waals surface area contributed by atoms with Gasteiger partial charge in [0.1, 0.15) is 13.2 Å². The van der Waals surface area contributed by atoms with Gasteiger partial charge >= 0.3 is 11.9 Å². The Morgan fingerprint density at radius 3 is 2.44 bits per heavy atom. The molecule has 0 aliphatic heterocycles. The molecule has 134 valence electrons. The molecule has 0 unspecified atom stereocenters. The molecule has 0 saturated heterocycles. The van der Waals surface area contributed by atoms with Crippen LogP contribution in [0.4, 0.5) is 11.4 Å². The SMILES string of the molecule is CC(=O)OCCNc1ccc2c(=O)n(CCOC(C)=O)ccc2c1N. The monoisotopic (exact) mass is 347 g/mol. The average molecular weight is 347 g/mol. The third-order valence-corrected chi connectivity index (χ3v) is 3.56. The van der Waals surface area contributed by atoms with Crippen LogP contribution in [0.5, 0.6) is 0 Å². The Labute approximate surface area is 144 Å². The van der Waals surface area contributed by atoms with Gasteiger partial charge in [0.05, 0.1) is 17.9 Å². The summed E-state index contributed by atoms with van der Waals surface area (Å²) in [4.78, 5) is 34.0. The average Bonchev–Trinajstić information content (AvgIpc) is 2.55. The van der Waals surface area contributed by atoms with Crippen LogP contribution in [-0.2, 0) is 25.6 Å². The Kier molecular flexibility index (Phi) is 5.99. The number of fused-ring (bicyclic) bond motifs is 1. The van der Waals surface area contributed by atoms with Crippen LogP contribution >= 0.6 is 0 Å². The number of benzene rings is 1. The highest BCUT2D eigenvalue weighted by atomic mass is 16.5. The molecule has 2 aromatic rings. The second-order valence-electron chi connectivity index (χ2n) is 5.41. The number of aromatic nitrogens is 1. The summed E-state index contributed by atoms with van der Waals surface area (Å²) in [6.07, 6.45) is 1.62. The molecule has 0 aliphatic carbocycles. The lowest BCUT2D eigenvalue weighted by atomic mass is 10.1. The van der Waals surface area contributed by atoms with Gasteiger partial charge < -0.3 is 25.1 Å². The van der Waals surface area contributed by atoms with Gasteiger partial charge in [-0.2, -0.15) is 0 Å². The number of rotatable bonds is 7. The Morgan fingerprint density at radius 1 is 1.08 bits per heavy atom. The molecule has 8 heteroatoms. The van der Waals surface area contributed by atoms with E-state index >= 15 is 0 Å². The lowest BCUT2D eigenvalue weighted by molar-refractivity contribution is -0.141. The Balaban J connectivity index is 2.17. The summed E-state index contributed by atoms with van der Waals surface area (Å²) >= 11 is 0. The molecule has 0 spiro atoms. The third kappa shape index (κ3) is 4.72. The second-order valence-corrected chi connectivity index (χ2v) is 5.41. The van der Waals surface area contributed by atoms with Gasteiger partial charge in [0, 0.05) is 37.4 Å². The summed E-state index contributed by atoms with van der Waals surface area (Å²) in [6.45, 7) is 3.71. The molecule has 0 fully saturated rings. The van der Waals surface area contributed by atoms with Crippen LogP contribution in [0.15, 0.2) is 29.2 Å². The van der Waals surface area contributed by atoms with Crippen molar-refractivity contribution < 1.29 is 19.1 Å². The largest absolute Gasteiger partial charge is 0.464 e. The third-order valence-electron chi connectivity index (χ3n) is 3.56. The van der Waals surface area contributed by atoms with E-state index in [4.69, 9.17) is 15.2 Å². The summed E-state index contributed by atoms with van der Waals surface area (Å²) < 4.78 is 11.2. The van der Waals surface area contributed by atoms with Gasteiger partial charge in [-0.15, -0.1) is 0 Å². The molecule has 2 rings (SSSR count). The fourth-order valence-corrected chi connectivity index (χ4v) is 2.39. The summed E-state index contributed by atoms with van der Waals surface area (Å²) in [5, 5.41) is 4.18. The van der Waals surface area contributed by atoms with Crippen molar-refractivity contribution >= 4 is 34.1 Å². The first-order valence-corrected chi connectivity index (χ1v) is 7.82. The van der Waals surface area contributed by atoms with Gasteiger partial charge in [0.2, 0.25) is 0 Å². The number of nitrogens with zero attached hydrogens (tertiary/aromatic N) is 1. The first-order valence-electron chi connectivity index (χ1n) is 7.82. The molecule has 25 heavy (non-hydrogen) atoms. The number of ether oxygens (including phenoxy) is 2. The maximum Gasteiger partial charge on any atom is 0.302 e. The van der Waals surface area contributed by atoms with E-state index in [0.29, 0.717) is 28.7 Å². The Hall–Kier alpha value is -3.03. The zero-order valence-corrected chi connectivity index (χ0v) is 14.2. The first-order chi connectivity index (χ1) is 11.9. The minimum atomic E-state index is -0.387. The molecule has 1 aromatic heterocycles. The van der Waals surface area contributed by atoms with Crippen LogP contribution in [-0.4, -0.2) is 36.3 Å². The molecule has 0 amide bonds. The van der Waals surface area contributed by atoms with E-state index < -0.39 is 0 Å². The first kappa shape index (κ1) is 18.3. The molecular weight excluding hydrogens is 326 g/mol. The van der Waals surface area contributed by atoms with Crippen LogP contribution in [0.1, 0.15) is 13.8 Å². The summed E-state index contributed by atoms with van der Waals surface area (Å²) in [6, 6.07) is 5.14. The normalized spacial score (nSPS) is 10.5. The van der Waals surface area contributed by atoms with Gasteiger partial charge in [0.15, 0.2) is 0 Å². The van der Waals surface area contributed by atoms with Crippen molar-refractivity contribution in [3.8, 4) is 0 Å². The number of carbonyl (C=O) groups is 2. The van der Waals surface area contributed by atoms with Crippen LogP contribution in [0.3, 0.4) is 0 Å². The number of pyridine rings is 1. The molecule has 0 atom stereocenters. The second kappa shape index (κ2) is 8.18. The number of nitrogens with one attached hydrogen (secondary N) is 1. The fraction of sp³-hybridized carbons (Fsp3) is 0.353. The number of hydrogen-bond acceptors (Lipinski definition) is 7. The Morgan fingerprint density at radius 2 is 1.76 bits per heavy atom. The number of anilines is 2. The zero-order chi connectivity index (χ0) is 18.4. The quantitative estimate of drug-likeness (QED) is 0.438. The summed E-state index contributed by atoms with van der Waals surface area (Å²) in [5.74, 6) is -0.731. The molecular formula is C17H21N3O5. The summed E-state index contributed by atoms with van der Waals surface area (Å²) in [5.41, 5.74) is 7.04. The van der Waals surface area contributed by atoms with Crippen molar-refractivity contribution in [2.75, 3.05) is 30.8 Å². The highest BCUT2D eigenvalue weighted by Crippen LogP contribution is 2.26. The van der Waals surface area contributed by atoms with Gasteiger partial charge in [0.25, 0.3) is 5.56 Å². The number of nitrogen functional groups attached to an aromatic ring is 1. The minimum Gasteiger partial charge on any atom is -0.464 e. The molecule has 0 bridgehead atoms. The minimum absolute atomic E-state index is 0.131. The molecule has 1 aromatic carbocycles. The molecule has 1 heterocycles. The van der Waals surface area contributed by atoms with E-state index in [0.717, 1.165) is 0 Å². The van der Waals surface area contributed by atoms with Crippen molar-refractivity contribution in [2.45, 2.75) is 20.4 Å². The van der Waals surface area contributed by atoms with Crippen LogP contribution < -0.4 is 16.6 Å². The van der Waals surface area contributed by atoms with Crippen molar-refractivity contribution in [3.05, 3.63) is 34.7 Å². The predicted molar refractivity (Wildman–Crippen MR) is 94.4 cm³/mol. The van der Waals surface area contributed by atoms with E-state index in [1.165, 1.54) is 18.4 Å². The van der Waals surface area contributed by atoms with Crippen molar-refractivity contribution in [3.63, 3.8) is 0 Å². The van der Waals surface area contributed by atoms with Gasteiger partial charge in [-0.05, 0) is 18.2 Å². The molecule has 0 aliphatic rings. The lowest BCUT2D eigenvalue weighted by Gasteiger charge is -2.13. The number of nitrogens with two attached hydrogens (primary N) is 1. The zero-order valence-electron chi connectivity index (χ0n) is 14.2. The number of hydrogen-bond donors (Lipinski definition) is 2. The van der Waals surface area contributed by atoms with Crippen molar-refractivity contribution in [1.82, 2.24) is 4.57 Å². The predicted octanol–water partition coefficient (Wildman–Crippen LogP) is 1.12. The topological polar surface area (TPSA) is 113 Å². The number of esters is 2. The van der Waals surface area contributed by atoms with Crippen LogP contribution in [0.25, 0.3) is 10.8 Å². The van der Waals surface area contributed by atoms with Gasteiger partial charge in [-0.1, -0.05) is 0 Å². The van der Waals surface area contributed by atoms with E-state index in [1.807, 2.05) is 0 Å². The number of carbonyl (C=O) groups excluding carboxylic acids is 2. The Bertz CT molecular complexity index is 844. The lowest BCUT2D eigenvalue weighted by Crippen LogP contribution is -2.22. The molecule has 0 saturated carbocycles. The van der Waals surface area contributed by atoms with E-state index in [2.05, 4.69) is 5.32 Å². The van der Waals surface area contributed by atoms with Gasteiger partial charge in [-0.3, -0.25) is 14.4 Å².